The van der Waals surface area contributed by atoms with Gasteiger partial charge in [0.15, 0.2) is 5.11 Å². The molecule has 0 fully saturated rings. The molecule has 0 saturated heterocycles. The number of aromatic nitrogens is 2. The Bertz CT molecular complexity index is 1350. The molecule has 2 aromatic heterocycles. The molecule has 34 heavy (non-hydrogen) atoms. The number of hydrogen-bond acceptors (Lipinski definition) is 4. The highest BCUT2D eigenvalue weighted by Crippen LogP contribution is 2.20. The number of aromatic amines is 1. The van der Waals surface area contributed by atoms with Crippen LogP contribution >= 0.6 is 12.2 Å². The van der Waals surface area contributed by atoms with Crippen molar-refractivity contribution in [2.45, 2.75) is 33.9 Å². The first-order valence-corrected chi connectivity index (χ1v) is 11.6. The summed E-state index contributed by atoms with van der Waals surface area (Å²) in [7, 11) is 0. The summed E-state index contributed by atoms with van der Waals surface area (Å²) in [6.45, 7) is 7.56. The van der Waals surface area contributed by atoms with Gasteiger partial charge in [-0.3, -0.25) is 9.78 Å². The van der Waals surface area contributed by atoms with E-state index >= 15 is 0 Å². The average Bonchev–Trinajstić information content (AvgIpc) is 2.82. The maximum Gasteiger partial charge on any atom is 0.253 e. The molecule has 7 heteroatoms. The Morgan fingerprint density at radius 2 is 1.85 bits per heavy atom. The Morgan fingerprint density at radius 1 is 1.09 bits per heavy atom. The van der Waals surface area contributed by atoms with Gasteiger partial charge in [-0.25, -0.2) is 0 Å². The first kappa shape index (κ1) is 23.4. The van der Waals surface area contributed by atoms with E-state index in [9.17, 15) is 4.79 Å². The van der Waals surface area contributed by atoms with Crippen LogP contribution in [0.4, 0.5) is 5.69 Å². The Kier molecular flexibility index (Phi) is 7.23. The first-order chi connectivity index (χ1) is 16.4. The average molecular weight is 473 g/mol. The maximum absolute atomic E-state index is 12.9. The molecule has 2 N–H and O–H groups in total. The number of nitrogens with one attached hydrogen (secondary N) is 2. The number of anilines is 1. The molecule has 0 unspecified atom stereocenters. The van der Waals surface area contributed by atoms with Crippen LogP contribution in [0.1, 0.15) is 29.2 Å². The third kappa shape index (κ3) is 5.61. The third-order valence-corrected chi connectivity index (χ3v) is 6.06. The number of pyridine rings is 2. The van der Waals surface area contributed by atoms with Crippen LogP contribution in [0, 0.1) is 13.8 Å². The lowest BCUT2D eigenvalue weighted by Crippen LogP contribution is -2.35. The zero-order valence-corrected chi connectivity index (χ0v) is 20.4. The van der Waals surface area contributed by atoms with Gasteiger partial charge >= 0.3 is 0 Å². The van der Waals surface area contributed by atoms with Gasteiger partial charge in [0.1, 0.15) is 5.75 Å². The SMILES string of the molecule is CCOc1ccc(NC(=S)N(Cc2cccnc2)Cc2cc3cc(C)c(C)cc3[nH]c2=O)cc1. The third-order valence-electron chi connectivity index (χ3n) is 5.70. The van der Waals surface area contributed by atoms with E-state index in [0.29, 0.717) is 30.4 Å². The van der Waals surface area contributed by atoms with Crippen LogP contribution in [0.15, 0.2) is 71.8 Å². The van der Waals surface area contributed by atoms with E-state index in [1.807, 2.05) is 73.5 Å². The topological polar surface area (TPSA) is 70.2 Å². The number of rotatable bonds is 7. The predicted molar refractivity (Wildman–Crippen MR) is 141 cm³/mol. The van der Waals surface area contributed by atoms with E-state index < -0.39 is 0 Å². The van der Waals surface area contributed by atoms with Crippen molar-refractivity contribution >= 4 is 33.9 Å². The van der Waals surface area contributed by atoms with Gasteiger partial charge in [0, 0.05) is 35.7 Å². The highest BCUT2D eigenvalue weighted by atomic mass is 32.1. The molecule has 2 heterocycles. The van der Waals surface area contributed by atoms with Crippen LogP contribution in [0.3, 0.4) is 0 Å². The summed E-state index contributed by atoms with van der Waals surface area (Å²) in [6.07, 6.45) is 3.55. The number of nitrogens with zero attached hydrogens (tertiary/aromatic N) is 2. The van der Waals surface area contributed by atoms with E-state index in [0.717, 1.165) is 33.5 Å². The molecule has 174 valence electrons. The number of ether oxygens (including phenoxy) is 1. The lowest BCUT2D eigenvalue weighted by molar-refractivity contribution is 0.340. The van der Waals surface area contributed by atoms with Crippen LogP contribution < -0.4 is 15.6 Å². The molecule has 0 aliphatic carbocycles. The summed E-state index contributed by atoms with van der Waals surface area (Å²) in [5, 5.41) is 4.82. The van der Waals surface area contributed by atoms with Gasteiger partial charge in [-0.05, 0) is 104 Å². The molecule has 0 bridgehead atoms. The fourth-order valence-electron chi connectivity index (χ4n) is 3.76. The van der Waals surface area contributed by atoms with Crippen molar-refractivity contribution in [1.29, 1.82) is 0 Å². The van der Waals surface area contributed by atoms with E-state index in [-0.39, 0.29) is 5.56 Å². The summed E-state index contributed by atoms with van der Waals surface area (Å²) < 4.78 is 5.52. The normalized spacial score (nSPS) is 10.8. The van der Waals surface area contributed by atoms with Crippen molar-refractivity contribution in [2.75, 3.05) is 11.9 Å². The van der Waals surface area contributed by atoms with E-state index in [1.54, 1.807) is 6.20 Å². The molecule has 0 aliphatic rings. The van der Waals surface area contributed by atoms with Crippen molar-refractivity contribution in [3.63, 3.8) is 0 Å². The Hall–Kier alpha value is -3.71. The van der Waals surface area contributed by atoms with Crippen molar-refractivity contribution < 1.29 is 4.74 Å². The summed E-state index contributed by atoms with van der Waals surface area (Å²) in [6, 6.07) is 17.6. The number of hydrogen-bond donors (Lipinski definition) is 2. The highest BCUT2D eigenvalue weighted by Gasteiger charge is 2.15. The predicted octanol–water partition coefficient (Wildman–Crippen LogP) is 5.34. The van der Waals surface area contributed by atoms with Gasteiger partial charge < -0.3 is 19.9 Å². The van der Waals surface area contributed by atoms with Crippen molar-refractivity contribution in [3.8, 4) is 5.75 Å². The second-order valence-corrected chi connectivity index (χ2v) is 8.64. The molecular formula is C27H28N4O2S. The van der Waals surface area contributed by atoms with Crippen LogP contribution in [-0.4, -0.2) is 26.6 Å². The zero-order chi connectivity index (χ0) is 24.1. The number of benzene rings is 2. The minimum atomic E-state index is -0.115. The lowest BCUT2D eigenvalue weighted by atomic mass is 10.0. The van der Waals surface area contributed by atoms with Crippen LogP contribution in [0.25, 0.3) is 10.9 Å². The molecule has 0 amide bonds. The largest absolute Gasteiger partial charge is 0.494 e. The molecular weight excluding hydrogens is 444 g/mol. The minimum absolute atomic E-state index is 0.115. The summed E-state index contributed by atoms with van der Waals surface area (Å²) in [5.74, 6) is 0.805. The molecule has 0 aliphatic heterocycles. The lowest BCUT2D eigenvalue weighted by Gasteiger charge is -2.26. The zero-order valence-electron chi connectivity index (χ0n) is 19.6. The van der Waals surface area contributed by atoms with Gasteiger partial charge in [0.25, 0.3) is 5.56 Å². The second kappa shape index (κ2) is 10.5. The Balaban J connectivity index is 1.62. The summed E-state index contributed by atoms with van der Waals surface area (Å²) in [5.41, 5.74) is 5.56. The summed E-state index contributed by atoms with van der Waals surface area (Å²) in [4.78, 5) is 22.1. The van der Waals surface area contributed by atoms with Gasteiger partial charge in [-0.2, -0.15) is 0 Å². The molecule has 0 saturated carbocycles. The van der Waals surface area contributed by atoms with Gasteiger partial charge in [0.05, 0.1) is 13.2 Å². The number of fused-ring (bicyclic) bond motifs is 1. The smallest absolute Gasteiger partial charge is 0.253 e. The van der Waals surface area contributed by atoms with E-state index in [4.69, 9.17) is 17.0 Å². The molecule has 6 nitrogen and oxygen atoms in total. The molecule has 4 rings (SSSR count). The number of H-pyrrole nitrogens is 1. The quantitative estimate of drug-likeness (QED) is 0.354. The summed E-state index contributed by atoms with van der Waals surface area (Å²) >= 11 is 5.77. The molecule has 2 aromatic carbocycles. The van der Waals surface area contributed by atoms with Gasteiger partial charge in [0.2, 0.25) is 0 Å². The standard InChI is InChI=1S/C27H28N4O2S/c1-4-33-24-9-7-23(8-10-24)29-27(34)31(16-20-6-5-11-28-15-20)17-22-14-21-12-18(2)19(3)13-25(21)30-26(22)32/h5-15H,4,16-17H2,1-3H3,(H,29,34)(H,30,32). The molecule has 0 radical (unpaired) electrons. The monoisotopic (exact) mass is 472 g/mol. The fourth-order valence-corrected chi connectivity index (χ4v) is 4.01. The molecule has 0 spiro atoms. The van der Waals surface area contributed by atoms with E-state index in [2.05, 4.69) is 28.3 Å². The molecule has 0 atom stereocenters. The van der Waals surface area contributed by atoms with Gasteiger partial charge in [-0.15, -0.1) is 0 Å². The highest BCUT2D eigenvalue weighted by molar-refractivity contribution is 7.80. The second-order valence-electron chi connectivity index (χ2n) is 8.25. The van der Waals surface area contributed by atoms with Crippen LogP contribution in [-0.2, 0) is 13.1 Å². The number of thiocarbonyl (C=S) groups is 1. The molecule has 4 aromatic rings. The fraction of sp³-hybridized carbons (Fsp3) is 0.222. The minimum Gasteiger partial charge on any atom is -0.494 e. The van der Waals surface area contributed by atoms with E-state index in [1.165, 1.54) is 5.56 Å². The Labute approximate surface area is 204 Å². The maximum atomic E-state index is 12.9. The Morgan fingerprint density at radius 3 is 2.56 bits per heavy atom. The number of aryl methyl sites for hydroxylation is 2. The van der Waals surface area contributed by atoms with Crippen molar-refractivity contribution in [3.05, 3.63) is 99.6 Å². The van der Waals surface area contributed by atoms with Gasteiger partial charge in [-0.1, -0.05) is 6.07 Å². The van der Waals surface area contributed by atoms with Crippen molar-refractivity contribution in [2.24, 2.45) is 0 Å². The van der Waals surface area contributed by atoms with Crippen LogP contribution in [0.5, 0.6) is 5.75 Å². The van der Waals surface area contributed by atoms with Crippen LogP contribution in [0.2, 0.25) is 0 Å². The van der Waals surface area contributed by atoms with Crippen molar-refractivity contribution in [1.82, 2.24) is 14.9 Å². The first-order valence-electron chi connectivity index (χ1n) is 11.2.